The molecule has 102 heavy (non-hydrogen) atoms. The van der Waals surface area contributed by atoms with Gasteiger partial charge in [0, 0.05) is 55.1 Å². The van der Waals surface area contributed by atoms with Crippen molar-refractivity contribution in [1.29, 1.82) is 0 Å². The summed E-state index contributed by atoms with van der Waals surface area (Å²) in [6, 6.07) is 2.04. The number of benzene rings is 3. The molecule has 0 bridgehead atoms. The minimum atomic E-state index is -1.79. The number of H-pyrrole nitrogens is 1. The van der Waals surface area contributed by atoms with E-state index in [2.05, 4.69) is 58.2 Å². The molecule has 2 saturated heterocycles. The van der Waals surface area contributed by atoms with Crippen LogP contribution in [0.25, 0.3) is 10.9 Å². The molecule has 3 aromatic carbocycles. The topological polar surface area (TPSA) is 523 Å². The summed E-state index contributed by atoms with van der Waals surface area (Å²) in [6.07, 6.45) is 0.391. The summed E-state index contributed by atoms with van der Waals surface area (Å²) in [5, 5.41) is 47.2. The van der Waals surface area contributed by atoms with E-state index in [1.807, 2.05) is 0 Å². The lowest BCUT2D eigenvalue weighted by atomic mass is 9.96. The van der Waals surface area contributed by atoms with Crippen molar-refractivity contribution >= 4 is 105 Å². The number of nitrogens with zero attached hydrogens (tertiary/aromatic N) is 1. The molecule has 2 aliphatic rings. The Kier molecular flexibility index (Phi) is 30.9. The fourth-order valence-electron chi connectivity index (χ4n) is 11.8. The van der Waals surface area contributed by atoms with E-state index in [0.717, 1.165) is 11.8 Å². The highest BCUT2D eigenvalue weighted by Crippen LogP contribution is 2.24. The van der Waals surface area contributed by atoms with Gasteiger partial charge in [-0.15, -0.1) is 11.8 Å². The molecule has 21 N–H and O–H groups in total. The van der Waals surface area contributed by atoms with Gasteiger partial charge in [0.1, 0.15) is 78.0 Å². The molecule has 0 unspecified atom stereocenters. The zero-order valence-electron chi connectivity index (χ0n) is 57.8. The molecular weight excluding hydrogens is 1340 g/mol. The number of rotatable bonds is 20. The van der Waals surface area contributed by atoms with Crippen LogP contribution in [0.2, 0.25) is 0 Å². The Bertz CT molecular complexity index is 3650. The highest BCUT2D eigenvalue weighted by Gasteiger charge is 2.42. The van der Waals surface area contributed by atoms with Gasteiger partial charge >= 0.3 is 0 Å². The summed E-state index contributed by atoms with van der Waals surface area (Å²) in [5.74, 6) is -14.9. The second-order valence-corrected chi connectivity index (χ2v) is 27.2. The van der Waals surface area contributed by atoms with E-state index in [4.69, 9.17) is 22.9 Å². The Labute approximate surface area is 594 Å². The zero-order chi connectivity index (χ0) is 74.9. The first-order valence-electron chi connectivity index (χ1n) is 34.0. The number of thioether (sulfide) groups is 1. The highest BCUT2D eigenvalue weighted by molar-refractivity contribution is 8.00. The predicted octanol–water partition coefficient (Wildman–Crippen LogP) is -1.94. The van der Waals surface area contributed by atoms with Crippen LogP contribution < -0.4 is 76.1 Å². The van der Waals surface area contributed by atoms with Crippen molar-refractivity contribution in [3.05, 3.63) is 95.7 Å². The van der Waals surface area contributed by atoms with Gasteiger partial charge in [0.25, 0.3) is 0 Å². The number of phenolic OH excluding ortho intramolecular Hbond substituents is 2. The Morgan fingerprint density at radius 3 is 1.73 bits per heavy atom. The number of para-hydroxylation sites is 1. The molecule has 2 aliphatic heterocycles. The first kappa shape index (κ1) is 80.7. The highest BCUT2D eigenvalue weighted by atomic mass is 32.2. The summed E-state index contributed by atoms with van der Waals surface area (Å²) >= 11 is 0.810. The quantitative estimate of drug-likeness (QED) is 0.0428. The lowest BCUT2D eigenvalue weighted by Gasteiger charge is -2.31. The third-order valence-electron chi connectivity index (χ3n) is 17.6. The molecule has 4 aromatic rings. The lowest BCUT2D eigenvalue weighted by molar-refractivity contribution is -0.143. The maximum absolute atomic E-state index is 14.8. The Hall–Kier alpha value is -10.3. The SMILES string of the molecule is CC[C@H](C)[C@@H]1NC(=O)[C@H](CC(C)C)NC(=O)[C@H](C)NC(=O)[C@H](Cc2ccc(O)cc2)NC(=O)[C@@H]2CCCN2C(=O)[C@H](CCC(N)=O)NC(=O)[C@H](CCCCN)NC(=O)[C@H](Cc2ccc(O)cc2)NC(=O)CSC[C@@H](C(N)=O)NC(=O)[C@H](Cc2c[nH]c3ccccc23)NC(=O)[C@H](CC(N)=O)NC1=O. The first-order chi connectivity index (χ1) is 48.4. The number of nitrogens with one attached hydrogen (secondary N) is 11. The number of hydrogen-bond acceptors (Lipinski definition) is 18. The van der Waals surface area contributed by atoms with Crippen molar-refractivity contribution in [2.45, 2.75) is 185 Å². The molecule has 12 atom stereocenters. The van der Waals surface area contributed by atoms with E-state index < -0.39 is 174 Å². The Balaban J connectivity index is 1.40. The summed E-state index contributed by atoms with van der Waals surface area (Å²) in [7, 11) is 0. The third-order valence-corrected chi connectivity index (χ3v) is 18.6. The van der Waals surface area contributed by atoms with E-state index in [1.165, 1.54) is 60.4 Å². The van der Waals surface area contributed by atoms with E-state index in [0.29, 0.717) is 34.0 Å². The van der Waals surface area contributed by atoms with E-state index in [9.17, 15) is 77.3 Å². The van der Waals surface area contributed by atoms with Crippen LogP contribution in [0, 0.1) is 11.8 Å². The molecule has 32 nitrogen and oxygen atoms in total. The van der Waals surface area contributed by atoms with Crippen LogP contribution in [0.1, 0.15) is 116 Å². The monoisotopic (exact) mass is 1440 g/mol. The molecular formula is C69H96N16O16S. The lowest BCUT2D eigenvalue weighted by Crippen LogP contribution is -2.61. The zero-order valence-corrected chi connectivity index (χ0v) is 58.6. The first-order valence-corrected chi connectivity index (χ1v) is 35.2. The summed E-state index contributed by atoms with van der Waals surface area (Å²) in [4.78, 5) is 202. The predicted molar refractivity (Wildman–Crippen MR) is 376 cm³/mol. The number of nitrogens with two attached hydrogens (primary N) is 4. The van der Waals surface area contributed by atoms with Crippen molar-refractivity contribution in [2.24, 2.45) is 34.8 Å². The number of aromatic amines is 1. The molecule has 2 fully saturated rings. The number of aromatic hydroxyl groups is 2. The number of aromatic nitrogens is 1. The molecule has 0 spiro atoms. The fourth-order valence-corrected chi connectivity index (χ4v) is 12.6. The van der Waals surface area contributed by atoms with Gasteiger partial charge < -0.3 is 96.2 Å². The minimum Gasteiger partial charge on any atom is -0.508 e. The summed E-state index contributed by atoms with van der Waals surface area (Å²) in [5.41, 5.74) is 25.0. The number of phenols is 2. The van der Waals surface area contributed by atoms with Gasteiger partial charge in [0.2, 0.25) is 82.7 Å². The third kappa shape index (κ3) is 24.5. The molecule has 3 heterocycles. The van der Waals surface area contributed by atoms with Gasteiger partial charge in [-0.1, -0.05) is 76.6 Å². The van der Waals surface area contributed by atoms with E-state index >= 15 is 0 Å². The maximum Gasteiger partial charge on any atom is 0.245 e. The van der Waals surface area contributed by atoms with E-state index in [-0.39, 0.29) is 100 Å². The van der Waals surface area contributed by atoms with Crippen LogP contribution in [0.4, 0.5) is 0 Å². The van der Waals surface area contributed by atoms with Crippen LogP contribution in [0.5, 0.6) is 11.5 Å². The van der Waals surface area contributed by atoms with Gasteiger partial charge in [0.15, 0.2) is 0 Å². The number of fused-ring (bicyclic) bond motifs is 2. The van der Waals surface area contributed by atoms with Gasteiger partial charge in [-0.3, -0.25) is 67.1 Å². The molecule has 0 radical (unpaired) electrons. The molecule has 0 saturated carbocycles. The van der Waals surface area contributed by atoms with E-state index in [1.54, 1.807) is 58.2 Å². The van der Waals surface area contributed by atoms with Crippen LogP contribution in [-0.2, 0) is 86.4 Å². The number of amides is 14. The molecule has 6 rings (SSSR count). The van der Waals surface area contributed by atoms with Crippen molar-refractivity contribution in [3.63, 3.8) is 0 Å². The second-order valence-electron chi connectivity index (χ2n) is 26.2. The largest absolute Gasteiger partial charge is 0.508 e. The molecule has 554 valence electrons. The average molecular weight is 1440 g/mol. The molecule has 0 aliphatic carbocycles. The van der Waals surface area contributed by atoms with Gasteiger partial charge in [-0.05, 0) is 117 Å². The average Bonchev–Trinajstić information content (AvgIpc) is 1.59. The fraction of sp³-hybridized carbons (Fsp3) is 0.507. The van der Waals surface area contributed by atoms with Crippen molar-refractivity contribution < 1.29 is 77.3 Å². The van der Waals surface area contributed by atoms with Crippen LogP contribution in [-0.4, -0.2) is 194 Å². The maximum atomic E-state index is 14.8. The van der Waals surface area contributed by atoms with Gasteiger partial charge in [0.05, 0.1) is 12.2 Å². The number of carbonyl (C=O) groups excluding carboxylic acids is 14. The Morgan fingerprint density at radius 1 is 0.578 bits per heavy atom. The number of carbonyl (C=O) groups is 14. The van der Waals surface area contributed by atoms with Crippen molar-refractivity contribution in [1.82, 2.24) is 63.1 Å². The van der Waals surface area contributed by atoms with Crippen LogP contribution in [0.3, 0.4) is 0 Å². The number of unbranched alkanes of at least 4 members (excludes halogenated alkanes) is 1. The standard InChI is InChI=1S/C69H96N16O16S/c1-6-37(4)58-68(100)82-52(32-56(72)89)65(97)80-51(31-41-33-74-45-13-8-7-12-44(41)45)64(96)83-53(59(73)91)34-102-35-57(90)76-49(29-39-16-20-42(86)21-17-39)63(95)77-46(14-9-10-26-70)61(93)78-47(24-25-55(71)88)69(101)85-27-11-15-54(85)67(99)81-50(30-40-18-22-43(87)23-19-40)62(94)75-38(5)60(92)79-48(28-36(2)3)66(98)84-58/h7-8,12-13,16-23,33,36-38,46-54,58,74,86-87H,6,9-11,14-15,24-32,34-35,70H2,1-5H3,(H2,71,88)(H2,72,89)(H2,73,91)(H,75,94)(H,76,90)(H,77,95)(H,78,93)(H,79,92)(H,80,97)(H,81,99)(H,82,100)(H,83,96)(H,84,98)/t37-,38-,46-,47-,48-,49-,50-,51-,52-,53-,54-,58-/m0/s1. The number of hydrogen-bond donors (Lipinski definition) is 17. The van der Waals surface area contributed by atoms with Crippen molar-refractivity contribution in [3.8, 4) is 11.5 Å². The van der Waals surface area contributed by atoms with Crippen molar-refractivity contribution in [2.75, 3.05) is 24.6 Å². The molecule has 1 aromatic heterocycles. The van der Waals surface area contributed by atoms with Gasteiger partial charge in [-0.2, -0.15) is 0 Å². The normalized spacial score (nSPS) is 24.5. The smallest absolute Gasteiger partial charge is 0.245 e. The second kappa shape index (κ2) is 39.0. The minimum absolute atomic E-state index is 0.0110. The summed E-state index contributed by atoms with van der Waals surface area (Å²) in [6.45, 7) is 8.32. The Morgan fingerprint density at radius 2 is 1.12 bits per heavy atom. The summed E-state index contributed by atoms with van der Waals surface area (Å²) < 4.78 is 0. The van der Waals surface area contributed by atoms with Crippen LogP contribution >= 0.6 is 11.8 Å². The number of primary amides is 3. The van der Waals surface area contributed by atoms with Crippen LogP contribution in [0.15, 0.2) is 79.0 Å². The molecule has 33 heteroatoms. The van der Waals surface area contributed by atoms with Gasteiger partial charge in [-0.25, -0.2) is 0 Å². The molecule has 14 amide bonds.